The Bertz CT molecular complexity index is 453. The van der Waals surface area contributed by atoms with Crippen LogP contribution in [0.25, 0.3) is 0 Å². The van der Waals surface area contributed by atoms with Gasteiger partial charge in [0.05, 0.1) is 23.9 Å². The molecule has 1 aromatic heterocycles. The molecule has 0 spiro atoms. The van der Waals surface area contributed by atoms with Gasteiger partial charge in [-0.1, -0.05) is 0 Å². The first kappa shape index (κ1) is 13.2. The third-order valence-corrected chi connectivity index (χ3v) is 1.75. The summed E-state index contributed by atoms with van der Waals surface area (Å²) in [5.74, 6) is -1.83. The Balaban J connectivity index is 3.19. The molecule has 92 valence electrons. The maximum atomic E-state index is 13.2. The lowest BCUT2D eigenvalue weighted by molar-refractivity contribution is -0.275. The second kappa shape index (κ2) is 4.97. The van der Waals surface area contributed by atoms with Crippen LogP contribution >= 0.6 is 0 Å². The average Bonchev–Trinajstić information content (AvgIpc) is 2.20. The number of alkyl halides is 3. The topological polar surface area (TPSA) is 71.9 Å². The summed E-state index contributed by atoms with van der Waals surface area (Å²) in [5, 5.41) is 8.42. The summed E-state index contributed by atoms with van der Waals surface area (Å²) < 4.78 is 52.7. The highest BCUT2D eigenvalue weighted by atomic mass is 19.4. The van der Waals surface area contributed by atoms with Gasteiger partial charge in [0.15, 0.2) is 5.75 Å². The van der Waals surface area contributed by atoms with Gasteiger partial charge < -0.3 is 10.5 Å². The van der Waals surface area contributed by atoms with Crippen LogP contribution in [-0.2, 0) is 13.0 Å². The van der Waals surface area contributed by atoms with Crippen molar-refractivity contribution in [2.24, 2.45) is 5.73 Å². The summed E-state index contributed by atoms with van der Waals surface area (Å²) in [7, 11) is 0. The maximum absolute atomic E-state index is 13.2. The number of nitrogens with zero attached hydrogens (tertiary/aromatic N) is 2. The van der Waals surface area contributed by atoms with Gasteiger partial charge in [0.1, 0.15) is 5.82 Å². The number of halogens is 4. The number of nitriles is 1. The minimum atomic E-state index is -4.97. The molecule has 0 aliphatic rings. The number of hydrogen-bond acceptors (Lipinski definition) is 4. The van der Waals surface area contributed by atoms with Crippen molar-refractivity contribution in [2.75, 3.05) is 0 Å². The first-order valence-corrected chi connectivity index (χ1v) is 4.38. The molecule has 0 bridgehead atoms. The first-order valence-electron chi connectivity index (χ1n) is 4.38. The highest BCUT2D eigenvalue weighted by Gasteiger charge is 2.33. The zero-order valence-electron chi connectivity index (χ0n) is 8.38. The molecule has 0 unspecified atom stereocenters. The van der Waals surface area contributed by atoms with E-state index in [0.717, 1.165) is 0 Å². The largest absolute Gasteiger partial charge is 0.573 e. The molecule has 0 aliphatic heterocycles. The number of rotatable bonds is 3. The summed E-state index contributed by atoms with van der Waals surface area (Å²) in [4.78, 5) is 3.52. The van der Waals surface area contributed by atoms with Gasteiger partial charge in [0.25, 0.3) is 0 Å². The van der Waals surface area contributed by atoms with Crippen molar-refractivity contribution in [2.45, 2.75) is 19.3 Å². The first-order chi connectivity index (χ1) is 7.87. The molecule has 4 nitrogen and oxygen atoms in total. The molecular weight excluding hydrogens is 242 g/mol. The van der Waals surface area contributed by atoms with E-state index in [1.54, 1.807) is 6.07 Å². The molecular formula is C9H7F4N3O. The predicted octanol–water partition coefficient (Wildman–Crippen LogP) is 1.64. The van der Waals surface area contributed by atoms with E-state index in [0.29, 0.717) is 6.07 Å². The highest BCUT2D eigenvalue weighted by molar-refractivity contribution is 5.32. The number of ether oxygens (including phenoxy) is 1. The third-order valence-electron chi connectivity index (χ3n) is 1.75. The second-order valence-electron chi connectivity index (χ2n) is 2.95. The van der Waals surface area contributed by atoms with Gasteiger partial charge in [0.2, 0.25) is 0 Å². The summed E-state index contributed by atoms with van der Waals surface area (Å²) in [6.07, 6.45) is -5.40. The van der Waals surface area contributed by atoms with E-state index in [-0.39, 0.29) is 17.9 Å². The van der Waals surface area contributed by atoms with E-state index in [1.165, 1.54) is 0 Å². The molecule has 0 atom stereocenters. The van der Waals surface area contributed by atoms with E-state index < -0.39 is 24.3 Å². The van der Waals surface area contributed by atoms with Gasteiger partial charge in [-0.15, -0.1) is 13.2 Å². The quantitative estimate of drug-likeness (QED) is 0.826. The minimum absolute atomic E-state index is 0.218. The van der Waals surface area contributed by atoms with Crippen LogP contribution in [0.15, 0.2) is 6.07 Å². The van der Waals surface area contributed by atoms with Crippen molar-refractivity contribution in [1.82, 2.24) is 4.98 Å². The van der Waals surface area contributed by atoms with E-state index in [1.807, 2.05) is 0 Å². The minimum Gasteiger partial charge on any atom is -0.404 e. The van der Waals surface area contributed by atoms with Crippen LogP contribution in [0.5, 0.6) is 5.75 Å². The molecule has 0 aromatic carbocycles. The molecule has 0 radical (unpaired) electrons. The van der Waals surface area contributed by atoms with Gasteiger partial charge >= 0.3 is 6.36 Å². The smallest absolute Gasteiger partial charge is 0.404 e. The normalized spacial score (nSPS) is 11.1. The predicted molar refractivity (Wildman–Crippen MR) is 48.1 cm³/mol. The molecule has 0 saturated carbocycles. The SMILES string of the molecule is N#CCc1nc(CN)c(F)cc1OC(F)(F)F. The Morgan fingerprint density at radius 1 is 1.41 bits per heavy atom. The zero-order chi connectivity index (χ0) is 13.1. The van der Waals surface area contributed by atoms with Gasteiger partial charge in [-0.2, -0.15) is 5.26 Å². The molecule has 0 amide bonds. The van der Waals surface area contributed by atoms with Crippen molar-refractivity contribution in [1.29, 1.82) is 5.26 Å². The molecule has 1 aromatic rings. The summed E-state index contributed by atoms with van der Waals surface area (Å²) >= 11 is 0. The van der Waals surface area contributed by atoms with Gasteiger partial charge in [0, 0.05) is 12.6 Å². The van der Waals surface area contributed by atoms with Crippen LogP contribution in [0.1, 0.15) is 11.4 Å². The highest BCUT2D eigenvalue weighted by Crippen LogP contribution is 2.27. The van der Waals surface area contributed by atoms with Crippen molar-refractivity contribution >= 4 is 0 Å². The molecule has 17 heavy (non-hydrogen) atoms. The summed E-state index contributed by atoms with van der Waals surface area (Å²) in [5.41, 5.74) is 4.63. The van der Waals surface area contributed by atoms with Crippen molar-refractivity contribution in [3.05, 3.63) is 23.3 Å². The Morgan fingerprint density at radius 3 is 2.53 bits per heavy atom. The van der Waals surface area contributed by atoms with E-state index in [2.05, 4.69) is 9.72 Å². The maximum Gasteiger partial charge on any atom is 0.573 e. The number of aromatic nitrogens is 1. The third kappa shape index (κ3) is 3.57. The van der Waals surface area contributed by atoms with Crippen LogP contribution in [0.4, 0.5) is 17.6 Å². The zero-order valence-corrected chi connectivity index (χ0v) is 8.38. The summed E-state index contributed by atoms with van der Waals surface area (Å²) in [6, 6.07) is 2.13. The van der Waals surface area contributed by atoms with E-state index >= 15 is 0 Å². The van der Waals surface area contributed by atoms with E-state index in [4.69, 9.17) is 11.0 Å². The number of pyridine rings is 1. The molecule has 8 heteroatoms. The molecule has 1 heterocycles. The fourth-order valence-corrected chi connectivity index (χ4v) is 1.11. The fraction of sp³-hybridized carbons (Fsp3) is 0.333. The average molecular weight is 249 g/mol. The lowest BCUT2D eigenvalue weighted by Gasteiger charge is -2.12. The van der Waals surface area contributed by atoms with Crippen molar-refractivity contribution < 1.29 is 22.3 Å². The molecule has 1 rings (SSSR count). The fourth-order valence-electron chi connectivity index (χ4n) is 1.11. The molecule has 2 N–H and O–H groups in total. The standard InChI is InChI=1S/C9H7F4N3O/c10-5-3-8(17-9(11,12)13)6(1-2-14)16-7(5)4-15/h3H,1,4,15H2. The second-order valence-corrected chi connectivity index (χ2v) is 2.95. The monoisotopic (exact) mass is 249 g/mol. The summed E-state index contributed by atoms with van der Waals surface area (Å²) in [6.45, 7) is -0.281. The van der Waals surface area contributed by atoms with Gasteiger partial charge in [-0.25, -0.2) is 9.37 Å². The molecule has 0 fully saturated rings. The lowest BCUT2D eigenvalue weighted by atomic mass is 10.2. The van der Waals surface area contributed by atoms with Crippen molar-refractivity contribution in [3.63, 3.8) is 0 Å². The number of nitrogens with two attached hydrogens (primary N) is 1. The van der Waals surface area contributed by atoms with Crippen LogP contribution < -0.4 is 10.5 Å². The Labute approximate surface area is 93.6 Å². The van der Waals surface area contributed by atoms with Gasteiger partial charge in [-0.3, -0.25) is 0 Å². The van der Waals surface area contributed by atoms with Crippen LogP contribution in [0.3, 0.4) is 0 Å². The van der Waals surface area contributed by atoms with Crippen molar-refractivity contribution in [3.8, 4) is 11.8 Å². The van der Waals surface area contributed by atoms with Crippen LogP contribution in [0.2, 0.25) is 0 Å². The molecule has 0 saturated heterocycles. The Kier molecular flexibility index (Phi) is 3.85. The van der Waals surface area contributed by atoms with Crippen LogP contribution in [0, 0.1) is 17.1 Å². The Morgan fingerprint density at radius 2 is 2.06 bits per heavy atom. The lowest BCUT2D eigenvalue weighted by Crippen LogP contribution is -2.19. The van der Waals surface area contributed by atoms with E-state index in [9.17, 15) is 17.6 Å². The molecule has 0 aliphatic carbocycles. The Hall–Kier alpha value is -1.88. The number of hydrogen-bond donors (Lipinski definition) is 1. The van der Waals surface area contributed by atoms with Gasteiger partial charge in [-0.05, 0) is 0 Å². The van der Waals surface area contributed by atoms with Crippen LogP contribution in [-0.4, -0.2) is 11.3 Å².